The molecule has 1 aliphatic rings. The highest BCUT2D eigenvalue weighted by Crippen LogP contribution is 2.51. The van der Waals surface area contributed by atoms with Gasteiger partial charge < -0.3 is 9.47 Å². The van der Waals surface area contributed by atoms with Crippen molar-refractivity contribution in [3.8, 4) is 50.2 Å². The summed E-state index contributed by atoms with van der Waals surface area (Å²) >= 11 is 0. The molecular formula is C57H42N2. The van der Waals surface area contributed by atoms with Gasteiger partial charge in [-0.2, -0.15) is 0 Å². The van der Waals surface area contributed by atoms with E-state index in [1.807, 2.05) is 0 Å². The van der Waals surface area contributed by atoms with Crippen LogP contribution in [0.15, 0.2) is 218 Å². The van der Waals surface area contributed by atoms with Crippen molar-refractivity contribution in [3.05, 3.63) is 230 Å². The predicted molar refractivity (Wildman–Crippen MR) is 249 cm³/mol. The molecule has 1 aliphatic carbocycles. The maximum atomic E-state index is 2.46. The second-order valence-electron chi connectivity index (χ2n) is 16.1. The van der Waals surface area contributed by atoms with Crippen LogP contribution in [0.4, 0.5) is 17.1 Å². The Morgan fingerprint density at radius 1 is 0.356 bits per heavy atom. The minimum absolute atomic E-state index is 0.0857. The van der Waals surface area contributed by atoms with Crippen LogP contribution < -0.4 is 4.90 Å². The molecule has 1 aromatic heterocycles. The Labute approximate surface area is 345 Å². The second kappa shape index (κ2) is 13.9. The molecule has 9 aromatic carbocycles. The second-order valence-corrected chi connectivity index (χ2v) is 16.1. The summed E-state index contributed by atoms with van der Waals surface area (Å²) in [5.74, 6) is 0. The van der Waals surface area contributed by atoms with E-state index in [1.54, 1.807) is 0 Å². The molecular weight excluding hydrogens is 713 g/mol. The molecule has 0 atom stereocenters. The third-order valence-corrected chi connectivity index (χ3v) is 12.4. The van der Waals surface area contributed by atoms with Crippen molar-refractivity contribution in [2.75, 3.05) is 4.90 Å². The van der Waals surface area contributed by atoms with Crippen LogP contribution in [0.5, 0.6) is 0 Å². The van der Waals surface area contributed by atoms with Crippen molar-refractivity contribution >= 4 is 38.9 Å². The van der Waals surface area contributed by atoms with E-state index in [0.29, 0.717) is 0 Å². The first-order chi connectivity index (χ1) is 29.0. The lowest BCUT2D eigenvalue weighted by atomic mass is 9.82. The molecule has 0 spiro atoms. The number of fused-ring (bicyclic) bond motifs is 6. The minimum atomic E-state index is -0.0857. The zero-order valence-electron chi connectivity index (χ0n) is 33.2. The van der Waals surface area contributed by atoms with Crippen LogP contribution in [0, 0.1) is 0 Å². The van der Waals surface area contributed by atoms with Crippen molar-refractivity contribution in [2.24, 2.45) is 0 Å². The van der Waals surface area contributed by atoms with Gasteiger partial charge in [0, 0.05) is 38.8 Å². The highest BCUT2D eigenvalue weighted by atomic mass is 15.1. The Kier molecular flexibility index (Phi) is 8.20. The predicted octanol–water partition coefficient (Wildman–Crippen LogP) is 15.6. The van der Waals surface area contributed by atoms with Gasteiger partial charge in [-0.15, -0.1) is 0 Å². The summed E-state index contributed by atoms with van der Waals surface area (Å²) in [5.41, 5.74) is 19.5. The first-order valence-corrected chi connectivity index (χ1v) is 20.5. The number of hydrogen-bond acceptors (Lipinski definition) is 1. The molecule has 59 heavy (non-hydrogen) atoms. The van der Waals surface area contributed by atoms with Gasteiger partial charge in [-0.3, -0.25) is 0 Å². The third-order valence-electron chi connectivity index (χ3n) is 12.4. The van der Waals surface area contributed by atoms with Crippen LogP contribution in [0.2, 0.25) is 0 Å². The molecule has 0 aliphatic heterocycles. The summed E-state index contributed by atoms with van der Waals surface area (Å²) in [6.45, 7) is 4.70. The molecule has 0 bridgehead atoms. The molecule has 11 rings (SSSR count). The Morgan fingerprint density at radius 3 is 1.76 bits per heavy atom. The molecule has 2 heteroatoms. The normalized spacial score (nSPS) is 12.7. The summed E-state index contributed by atoms with van der Waals surface area (Å²) in [6.07, 6.45) is 0. The zero-order chi connectivity index (χ0) is 39.5. The lowest BCUT2D eigenvalue weighted by Crippen LogP contribution is -2.16. The fourth-order valence-electron chi connectivity index (χ4n) is 9.57. The maximum Gasteiger partial charge on any atom is 0.0547 e. The molecule has 1 heterocycles. The molecule has 0 fully saturated rings. The monoisotopic (exact) mass is 754 g/mol. The summed E-state index contributed by atoms with van der Waals surface area (Å²) in [5, 5.41) is 2.50. The highest BCUT2D eigenvalue weighted by Gasteiger charge is 2.35. The van der Waals surface area contributed by atoms with E-state index in [1.165, 1.54) is 77.4 Å². The smallest absolute Gasteiger partial charge is 0.0547 e. The molecule has 0 saturated carbocycles. The Morgan fingerprint density at radius 2 is 0.932 bits per heavy atom. The van der Waals surface area contributed by atoms with Crippen molar-refractivity contribution in [1.82, 2.24) is 4.57 Å². The molecule has 280 valence electrons. The zero-order valence-corrected chi connectivity index (χ0v) is 33.2. The standard InChI is InChI=1S/C57H42N2/c1-57(2)51-27-12-9-24-48(51)49-36-35-45(38-52(49)57)58(43-21-7-4-8-22-43)44-33-31-40(32-34-44)46-23-10-13-28-53(46)59-54-29-14-11-25-50(54)56-47(26-16-30-55(56)59)42-20-15-19-41(37-42)39-17-5-3-6-18-39/h3-38H,1-2H3. The number of benzene rings is 9. The van der Waals surface area contributed by atoms with Crippen LogP contribution in [-0.2, 0) is 5.41 Å². The van der Waals surface area contributed by atoms with E-state index in [9.17, 15) is 0 Å². The molecule has 0 saturated heterocycles. The lowest BCUT2D eigenvalue weighted by molar-refractivity contribution is 0.660. The number of para-hydroxylation sites is 3. The van der Waals surface area contributed by atoms with Crippen molar-refractivity contribution in [3.63, 3.8) is 0 Å². The fraction of sp³-hybridized carbons (Fsp3) is 0.0526. The first kappa shape index (κ1) is 34.8. The van der Waals surface area contributed by atoms with Gasteiger partial charge >= 0.3 is 0 Å². The van der Waals surface area contributed by atoms with Gasteiger partial charge in [-0.1, -0.05) is 172 Å². The van der Waals surface area contributed by atoms with Crippen LogP contribution >= 0.6 is 0 Å². The van der Waals surface area contributed by atoms with Crippen LogP contribution in [0.1, 0.15) is 25.0 Å². The largest absolute Gasteiger partial charge is 0.310 e. The molecule has 0 radical (unpaired) electrons. The van der Waals surface area contributed by atoms with Gasteiger partial charge in [0.05, 0.1) is 16.7 Å². The summed E-state index contributed by atoms with van der Waals surface area (Å²) in [6, 6.07) is 79.7. The number of hydrogen-bond donors (Lipinski definition) is 0. The topological polar surface area (TPSA) is 8.17 Å². The first-order valence-electron chi connectivity index (χ1n) is 20.5. The van der Waals surface area contributed by atoms with Crippen molar-refractivity contribution in [1.29, 1.82) is 0 Å². The Balaban J connectivity index is 1.02. The van der Waals surface area contributed by atoms with Gasteiger partial charge in [0.25, 0.3) is 0 Å². The van der Waals surface area contributed by atoms with Gasteiger partial charge in [-0.25, -0.2) is 0 Å². The highest BCUT2D eigenvalue weighted by molar-refractivity contribution is 6.16. The Bertz CT molecular complexity index is 3170. The average Bonchev–Trinajstić information content (AvgIpc) is 3.76. The lowest BCUT2D eigenvalue weighted by Gasteiger charge is -2.28. The minimum Gasteiger partial charge on any atom is -0.310 e. The number of rotatable bonds is 7. The SMILES string of the molecule is CC1(C)c2ccccc2-c2ccc(N(c3ccccc3)c3ccc(-c4ccccc4-n4c5ccccc5c5c(-c6cccc(-c7ccccc7)c6)cccc54)cc3)cc21. The Hall–Kier alpha value is -7.42. The van der Waals surface area contributed by atoms with Gasteiger partial charge in [-0.05, 0) is 111 Å². The fourth-order valence-corrected chi connectivity index (χ4v) is 9.57. The van der Waals surface area contributed by atoms with E-state index in [-0.39, 0.29) is 5.41 Å². The number of aromatic nitrogens is 1. The van der Waals surface area contributed by atoms with E-state index in [4.69, 9.17) is 0 Å². The van der Waals surface area contributed by atoms with E-state index < -0.39 is 0 Å². The molecule has 0 unspecified atom stereocenters. The van der Waals surface area contributed by atoms with E-state index >= 15 is 0 Å². The summed E-state index contributed by atoms with van der Waals surface area (Å²) in [7, 11) is 0. The van der Waals surface area contributed by atoms with Gasteiger partial charge in [0.15, 0.2) is 0 Å². The number of nitrogens with zero attached hydrogens (tertiary/aromatic N) is 2. The average molecular weight is 755 g/mol. The van der Waals surface area contributed by atoms with E-state index in [0.717, 1.165) is 22.7 Å². The van der Waals surface area contributed by atoms with Gasteiger partial charge in [0.2, 0.25) is 0 Å². The molecule has 10 aromatic rings. The number of anilines is 3. The molecule has 0 amide bonds. The van der Waals surface area contributed by atoms with Crippen LogP contribution in [-0.4, -0.2) is 4.57 Å². The molecule has 0 N–H and O–H groups in total. The summed E-state index contributed by atoms with van der Waals surface area (Å²) in [4.78, 5) is 2.39. The summed E-state index contributed by atoms with van der Waals surface area (Å²) < 4.78 is 2.46. The van der Waals surface area contributed by atoms with Crippen molar-refractivity contribution < 1.29 is 0 Å². The quantitative estimate of drug-likeness (QED) is 0.157. The maximum absolute atomic E-state index is 2.46. The molecule has 2 nitrogen and oxygen atoms in total. The third kappa shape index (κ3) is 5.71. The van der Waals surface area contributed by atoms with Crippen molar-refractivity contribution in [2.45, 2.75) is 19.3 Å². The van der Waals surface area contributed by atoms with Crippen LogP contribution in [0.3, 0.4) is 0 Å². The van der Waals surface area contributed by atoms with E-state index in [2.05, 4.69) is 242 Å². The van der Waals surface area contributed by atoms with Crippen LogP contribution in [0.25, 0.3) is 72.0 Å². The van der Waals surface area contributed by atoms with Gasteiger partial charge in [0.1, 0.15) is 0 Å².